The second-order valence-corrected chi connectivity index (χ2v) is 6.70. The summed E-state index contributed by atoms with van der Waals surface area (Å²) in [5, 5.41) is 4.70. The molecule has 1 heterocycles. The Hall–Kier alpha value is -1.71. The molecule has 3 rings (SSSR count). The van der Waals surface area contributed by atoms with Crippen molar-refractivity contribution in [3.8, 4) is 0 Å². The molecule has 1 aliphatic rings. The molecule has 2 aromatic carbocycles. The van der Waals surface area contributed by atoms with Crippen LogP contribution < -0.4 is 10.2 Å². The minimum Gasteiger partial charge on any atom is -0.377 e. The van der Waals surface area contributed by atoms with Crippen LogP contribution >= 0.6 is 23.2 Å². The molecular formula is C18H18Cl2N2O. The number of halogens is 2. The van der Waals surface area contributed by atoms with Crippen molar-refractivity contribution in [3.05, 3.63) is 58.1 Å². The van der Waals surface area contributed by atoms with Crippen LogP contribution in [0.25, 0.3) is 0 Å². The molecule has 0 saturated heterocycles. The fourth-order valence-corrected chi connectivity index (χ4v) is 3.69. The van der Waals surface area contributed by atoms with Gasteiger partial charge in [-0.25, -0.2) is 0 Å². The maximum Gasteiger partial charge on any atom is 0.224 e. The van der Waals surface area contributed by atoms with E-state index in [1.54, 1.807) is 13.0 Å². The topological polar surface area (TPSA) is 32.3 Å². The third-order valence-electron chi connectivity index (χ3n) is 4.19. The lowest BCUT2D eigenvalue weighted by Gasteiger charge is -2.39. The molecule has 0 saturated carbocycles. The monoisotopic (exact) mass is 348 g/mol. The highest BCUT2D eigenvalue weighted by molar-refractivity contribution is 6.36. The van der Waals surface area contributed by atoms with E-state index < -0.39 is 0 Å². The lowest BCUT2D eigenvalue weighted by atomic mass is 9.91. The van der Waals surface area contributed by atoms with Crippen LogP contribution in [0.5, 0.6) is 0 Å². The molecule has 0 bridgehead atoms. The number of benzene rings is 2. The van der Waals surface area contributed by atoms with Gasteiger partial charge in [0.1, 0.15) is 0 Å². The maximum absolute atomic E-state index is 12.0. The molecule has 120 valence electrons. The average molecular weight is 349 g/mol. The zero-order valence-electron chi connectivity index (χ0n) is 13.0. The highest BCUT2D eigenvalue weighted by Gasteiger charge is 2.32. The summed E-state index contributed by atoms with van der Waals surface area (Å²) in [6.45, 7) is 3.67. The largest absolute Gasteiger partial charge is 0.377 e. The number of hydrogen-bond acceptors (Lipinski definition) is 2. The maximum atomic E-state index is 12.0. The Morgan fingerprint density at radius 3 is 2.65 bits per heavy atom. The molecule has 2 atom stereocenters. The quantitative estimate of drug-likeness (QED) is 0.799. The van der Waals surface area contributed by atoms with Gasteiger partial charge in [0.15, 0.2) is 0 Å². The molecule has 1 amide bonds. The van der Waals surface area contributed by atoms with Gasteiger partial charge in [-0.2, -0.15) is 0 Å². The SMILES string of the molecule is CC(=O)N1c2ccccc2C(Nc2ccc(Cl)cc2Cl)CC1C. The standard InChI is InChI=1S/C18H18Cl2N2O/c1-11-9-17(21-16-8-7-13(19)10-15(16)20)14-5-3-4-6-18(14)22(11)12(2)23/h3-8,10-11,17,21H,9H2,1-2H3. The molecule has 5 heteroatoms. The van der Waals surface area contributed by atoms with E-state index in [4.69, 9.17) is 23.2 Å². The first-order chi connectivity index (χ1) is 11.0. The Labute approximate surface area is 146 Å². The van der Waals surface area contributed by atoms with Crippen LogP contribution in [0.1, 0.15) is 31.9 Å². The van der Waals surface area contributed by atoms with E-state index in [9.17, 15) is 4.79 Å². The molecule has 2 aromatic rings. The fourth-order valence-electron chi connectivity index (χ4n) is 3.22. The van der Waals surface area contributed by atoms with Gasteiger partial charge in [0.25, 0.3) is 0 Å². The highest BCUT2D eigenvalue weighted by Crippen LogP contribution is 2.40. The molecule has 0 aromatic heterocycles. The van der Waals surface area contributed by atoms with Crippen molar-refractivity contribution in [2.75, 3.05) is 10.2 Å². The van der Waals surface area contributed by atoms with Gasteiger partial charge >= 0.3 is 0 Å². The normalized spacial score (nSPS) is 20.1. The first kappa shape index (κ1) is 16.2. The minimum atomic E-state index is 0.0629. The van der Waals surface area contributed by atoms with Crippen LogP contribution in [-0.2, 0) is 4.79 Å². The summed E-state index contributed by atoms with van der Waals surface area (Å²) < 4.78 is 0. The first-order valence-corrected chi connectivity index (χ1v) is 8.33. The van der Waals surface area contributed by atoms with Crippen LogP contribution in [0, 0.1) is 0 Å². The number of anilines is 2. The van der Waals surface area contributed by atoms with Crippen LogP contribution in [0.4, 0.5) is 11.4 Å². The third-order valence-corrected chi connectivity index (χ3v) is 4.74. The molecule has 0 spiro atoms. The zero-order valence-corrected chi connectivity index (χ0v) is 14.5. The predicted molar refractivity (Wildman–Crippen MR) is 96.5 cm³/mol. The van der Waals surface area contributed by atoms with Gasteiger partial charge in [-0.15, -0.1) is 0 Å². The Morgan fingerprint density at radius 2 is 1.96 bits per heavy atom. The van der Waals surface area contributed by atoms with Gasteiger partial charge in [0.05, 0.1) is 16.8 Å². The number of fused-ring (bicyclic) bond motifs is 1. The van der Waals surface area contributed by atoms with E-state index in [-0.39, 0.29) is 18.0 Å². The van der Waals surface area contributed by atoms with E-state index in [0.29, 0.717) is 10.0 Å². The second-order valence-electron chi connectivity index (χ2n) is 5.85. The number of carbonyl (C=O) groups excluding carboxylic acids is 1. The summed E-state index contributed by atoms with van der Waals surface area (Å²) >= 11 is 12.2. The van der Waals surface area contributed by atoms with E-state index in [2.05, 4.69) is 18.3 Å². The summed E-state index contributed by atoms with van der Waals surface area (Å²) in [7, 11) is 0. The summed E-state index contributed by atoms with van der Waals surface area (Å²) in [5.41, 5.74) is 2.91. The van der Waals surface area contributed by atoms with Crippen LogP contribution in [-0.4, -0.2) is 11.9 Å². The number of hydrogen-bond donors (Lipinski definition) is 1. The molecule has 2 unspecified atom stereocenters. The van der Waals surface area contributed by atoms with Crippen LogP contribution in [0.2, 0.25) is 10.0 Å². The Bertz CT molecular complexity index is 748. The van der Waals surface area contributed by atoms with E-state index in [0.717, 1.165) is 23.4 Å². The minimum absolute atomic E-state index is 0.0629. The van der Waals surface area contributed by atoms with E-state index >= 15 is 0 Å². The lowest BCUT2D eigenvalue weighted by molar-refractivity contribution is -0.117. The number of nitrogens with one attached hydrogen (secondary N) is 1. The first-order valence-electron chi connectivity index (χ1n) is 7.57. The highest BCUT2D eigenvalue weighted by atomic mass is 35.5. The second kappa shape index (κ2) is 6.42. The predicted octanol–water partition coefficient (Wildman–Crippen LogP) is 5.29. The third kappa shape index (κ3) is 3.17. The van der Waals surface area contributed by atoms with Gasteiger partial charge < -0.3 is 10.2 Å². The van der Waals surface area contributed by atoms with E-state index in [1.165, 1.54) is 0 Å². The van der Waals surface area contributed by atoms with E-state index in [1.807, 2.05) is 35.2 Å². The molecule has 23 heavy (non-hydrogen) atoms. The molecule has 0 fully saturated rings. The Morgan fingerprint density at radius 1 is 1.22 bits per heavy atom. The Kier molecular flexibility index (Phi) is 4.51. The summed E-state index contributed by atoms with van der Waals surface area (Å²) in [6.07, 6.45) is 0.815. The summed E-state index contributed by atoms with van der Waals surface area (Å²) in [6, 6.07) is 13.6. The summed E-state index contributed by atoms with van der Waals surface area (Å²) in [4.78, 5) is 13.9. The van der Waals surface area contributed by atoms with Gasteiger partial charge in [-0.05, 0) is 43.2 Å². The molecule has 0 aliphatic carbocycles. The van der Waals surface area contributed by atoms with Crippen molar-refractivity contribution < 1.29 is 4.79 Å². The number of amides is 1. The molecule has 0 radical (unpaired) electrons. The van der Waals surface area contributed by atoms with Gasteiger partial charge in [0.2, 0.25) is 5.91 Å². The lowest BCUT2D eigenvalue weighted by Crippen LogP contribution is -2.43. The van der Waals surface area contributed by atoms with Gasteiger partial charge in [-0.3, -0.25) is 4.79 Å². The van der Waals surface area contributed by atoms with Gasteiger partial charge in [0, 0.05) is 23.7 Å². The Balaban J connectivity index is 1.97. The zero-order chi connectivity index (χ0) is 16.6. The molecule has 1 N–H and O–H groups in total. The van der Waals surface area contributed by atoms with Crippen molar-refractivity contribution in [3.63, 3.8) is 0 Å². The van der Waals surface area contributed by atoms with Crippen molar-refractivity contribution >= 4 is 40.5 Å². The average Bonchev–Trinajstić information content (AvgIpc) is 2.49. The van der Waals surface area contributed by atoms with Crippen molar-refractivity contribution in [2.45, 2.75) is 32.4 Å². The van der Waals surface area contributed by atoms with Crippen molar-refractivity contribution in [1.29, 1.82) is 0 Å². The van der Waals surface area contributed by atoms with Crippen molar-refractivity contribution in [2.24, 2.45) is 0 Å². The number of para-hydroxylation sites is 1. The fraction of sp³-hybridized carbons (Fsp3) is 0.278. The smallest absolute Gasteiger partial charge is 0.224 e. The number of carbonyl (C=O) groups is 1. The van der Waals surface area contributed by atoms with Crippen LogP contribution in [0.3, 0.4) is 0 Å². The van der Waals surface area contributed by atoms with Crippen molar-refractivity contribution in [1.82, 2.24) is 0 Å². The van der Waals surface area contributed by atoms with Gasteiger partial charge in [-0.1, -0.05) is 41.4 Å². The molecule has 3 nitrogen and oxygen atoms in total. The molecule has 1 aliphatic heterocycles. The molecular weight excluding hydrogens is 331 g/mol. The number of nitrogens with zero attached hydrogens (tertiary/aromatic N) is 1. The number of rotatable bonds is 2. The van der Waals surface area contributed by atoms with Crippen LogP contribution in [0.15, 0.2) is 42.5 Å². The summed E-state index contributed by atoms with van der Waals surface area (Å²) in [5.74, 6) is 0.0629.